The molecular weight excluding hydrogens is 342 g/mol. The average Bonchev–Trinajstić information content (AvgIpc) is 2.65. The van der Waals surface area contributed by atoms with Crippen LogP contribution < -0.4 is 20.7 Å². The molecule has 0 spiro atoms. The molecule has 3 N–H and O–H groups in total. The van der Waals surface area contributed by atoms with Crippen molar-refractivity contribution in [2.24, 2.45) is 4.99 Å². The van der Waals surface area contributed by atoms with Crippen LogP contribution in [0.25, 0.3) is 0 Å². The first-order valence-corrected chi connectivity index (χ1v) is 9.02. The minimum atomic E-state index is -0.204. The number of carbonyl (C=O) groups is 1. The molecule has 1 heterocycles. The summed E-state index contributed by atoms with van der Waals surface area (Å²) in [6, 6.07) is 11.5. The van der Waals surface area contributed by atoms with E-state index < -0.39 is 0 Å². The topological polar surface area (TPSA) is 87.6 Å². The zero-order valence-corrected chi connectivity index (χ0v) is 16.0. The van der Waals surface area contributed by atoms with Gasteiger partial charge in [-0.2, -0.15) is 0 Å². The summed E-state index contributed by atoms with van der Waals surface area (Å²) in [4.78, 5) is 20.3. The predicted molar refractivity (Wildman–Crippen MR) is 108 cm³/mol. The highest BCUT2D eigenvalue weighted by Crippen LogP contribution is 2.13. The summed E-state index contributed by atoms with van der Waals surface area (Å²) in [5.41, 5.74) is 1.80. The zero-order valence-electron chi connectivity index (χ0n) is 16.0. The second-order valence-corrected chi connectivity index (χ2v) is 6.11. The third kappa shape index (κ3) is 7.77. The van der Waals surface area contributed by atoms with E-state index in [-0.39, 0.29) is 18.6 Å². The van der Waals surface area contributed by atoms with Crippen LogP contribution in [-0.4, -0.2) is 42.6 Å². The molecule has 0 fully saturated rings. The standard InChI is InChI=1S/C20H27N5O2/c1-4-22-20(24-14-19(26)25-17-8-6-10-21-13-17)23-12-16(3)27-18-9-5-7-15(2)11-18/h5-11,13,16H,4,12,14H2,1-3H3,(H,25,26)(H2,22,23,24). The summed E-state index contributed by atoms with van der Waals surface area (Å²) in [6.07, 6.45) is 3.19. The number of aryl methyl sites for hydroxylation is 1. The highest BCUT2D eigenvalue weighted by Gasteiger charge is 2.07. The summed E-state index contributed by atoms with van der Waals surface area (Å²) in [5.74, 6) is 1.20. The van der Waals surface area contributed by atoms with Crippen molar-refractivity contribution >= 4 is 17.6 Å². The molecule has 2 rings (SSSR count). The number of aliphatic imine (C=N–C) groups is 1. The number of benzene rings is 1. The van der Waals surface area contributed by atoms with Crippen molar-refractivity contribution in [3.05, 3.63) is 54.4 Å². The van der Waals surface area contributed by atoms with Crippen molar-refractivity contribution in [3.8, 4) is 5.75 Å². The lowest BCUT2D eigenvalue weighted by atomic mass is 10.2. The van der Waals surface area contributed by atoms with Crippen LogP contribution in [0, 0.1) is 6.92 Å². The van der Waals surface area contributed by atoms with Crippen LogP contribution in [0.3, 0.4) is 0 Å². The van der Waals surface area contributed by atoms with Crippen LogP contribution in [0.15, 0.2) is 53.8 Å². The Kier molecular flexibility index (Phi) is 8.09. The molecule has 0 aliphatic carbocycles. The molecule has 144 valence electrons. The van der Waals surface area contributed by atoms with Crippen LogP contribution in [0.5, 0.6) is 5.75 Å². The molecule has 1 aromatic carbocycles. The van der Waals surface area contributed by atoms with Gasteiger partial charge in [0.2, 0.25) is 5.91 Å². The number of aromatic nitrogens is 1. The molecule has 0 saturated heterocycles. The SMILES string of the molecule is CCNC(=NCC(=O)Nc1cccnc1)NCC(C)Oc1cccc(C)c1. The maximum atomic E-state index is 12.0. The molecular formula is C20H27N5O2. The van der Waals surface area contributed by atoms with Crippen molar-refractivity contribution in [2.45, 2.75) is 26.9 Å². The van der Waals surface area contributed by atoms with E-state index in [0.717, 1.165) is 11.3 Å². The molecule has 7 heteroatoms. The summed E-state index contributed by atoms with van der Waals surface area (Å²) < 4.78 is 5.90. The van der Waals surface area contributed by atoms with Gasteiger partial charge in [-0.15, -0.1) is 0 Å². The molecule has 0 aliphatic rings. The van der Waals surface area contributed by atoms with E-state index in [1.54, 1.807) is 24.5 Å². The van der Waals surface area contributed by atoms with E-state index in [2.05, 4.69) is 25.9 Å². The van der Waals surface area contributed by atoms with Crippen molar-refractivity contribution < 1.29 is 9.53 Å². The third-order valence-electron chi connectivity index (χ3n) is 3.55. The molecule has 2 aromatic rings. The predicted octanol–water partition coefficient (Wildman–Crippen LogP) is 2.35. The summed E-state index contributed by atoms with van der Waals surface area (Å²) in [7, 11) is 0. The van der Waals surface area contributed by atoms with Crippen LogP contribution in [0.2, 0.25) is 0 Å². The molecule has 1 unspecified atom stereocenters. The van der Waals surface area contributed by atoms with Gasteiger partial charge < -0.3 is 20.7 Å². The number of guanidine groups is 1. The Morgan fingerprint density at radius 2 is 2.11 bits per heavy atom. The fourth-order valence-electron chi connectivity index (χ4n) is 2.33. The van der Waals surface area contributed by atoms with Gasteiger partial charge in [0.15, 0.2) is 5.96 Å². The molecule has 7 nitrogen and oxygen atoms in total. The maximum absolute atomic E-state index is 12.0. The Morgan fingerprint density at radius 3 is 2.81 bits per heavy atom. The summed E-state index contributed by atoms with van der Waals surface area (Å²) in [6.45, 7) is 7.25. The van der Waals surface area contributed by atoms with Crippen molar-refractivity contribution in [1.29, 1.82) is 0 Å². The van der Waals surface area contributed by atoms with Crippen LogP contribution in [0.4, 0.5) is 5.69 Å². The van der Waals surface area contributed by atoms with Crippen LogP contribution in [0.1, 0.15) is 19.4 Å². The number of amides is 1. The van der Waals surface area contributed by atoms with Gasteiger partial charge in [-0.1, -0.05) is 12.1 Å². The number of hydrogen-bond acceptors (Lipinski definition) is 4. The van der Waals surface area contributed by atoms with Gasteiger partial charge in [0.25, 0.3) is 0 Å². The second-order valence-electron chi connectivity index (χ2n) is 6.11. The Morgan fingerprint density at radius 1 is 1.26 bits per heavy atom. The van der Waals surface area contributed by atoms with Gasteiger partial charge in [0.05, 0.1) is 18.4 Å². The van der Waals surface area contributed by atoms with Gasteiger partial charge in [-0.3, -0.25) is 9.78 Å². The monoisotopic (exact) mass is 369 g/mol. The number of carbonyl (C=O) groups excluding carboxylic acids is 1. The van der Waals surface area contributed by atoms with E-state index in [4.69, 9.17) is 4.74 Å². The lowest BCUT2D eigenvalue weighted by molar-refractivity contribution is -0.114. The first kappa shape index (κ1) is 20.2. The van der Waals surface area contributed by atoms with E-state index in [0.29, 0.717) is 24.7 Å². The molecule has 1 aromatic heterocycles. The average molecular weight is 369 g/mol. The minimum Gasteiger partial charge on any atom is -0.489 e. The van der Waals surface area contributed by atoms with Gasteiger partial charge >= 0.3 is 0 Å². The summed E-state index contributed by atoms with van der Waals surface area (Å²) >= 11 is 0. The highest BCUT2D eigenvalue weighted by atomic mass is 16.5. The number of nitrogens with one attached hydrogen (secondary N) is 3. The first-order chi connectivity index (χ1) is 13.1. The smallest absolute Gasteiger partial charge is 0.246 e. The number of hydrogen-bond donors (Lipinski definition) is 3. The third-order valence-corrected chi connectivity index (χ3v) is 3.55. The van der Waals surface area contributed by atoms with Gasteiger partial charge in [-0.25, -0.2) is 4.99 Å². The zero-order chi connectivity index (χ0) is 19.5. The fourth-order valence-corrected chi connectivity index (χ4v) is 2.33. The van der Waals surface area contributed by atoms with Crippen molar-refractivity contribution in [2.75, 3.05) is 25.0 Å². The molecule has 1 atom stereocenters. The molecule has 0 radical (unpaired) electrons. The Balaban J connectivity index is 1.82. The number of pyridine rings is 1. The Bertz CT molecular complexity index is 749. The molecule has 0 aliphatic heterocycles. The van der Waals surface area contributed by atoms with Gasteiger partial charge in [0, 0.05) is 12.7 Å². The lowest BCUT2D eigenvalue weighted by Gasteiger charge is -2.18. The van der Waals surface area contributed by atoms with Gasteiger partial charge in [0.1, 0.15) is 18.4 Å². The number of anilines is 1. The molecule has 27 heavy (non-hydrogen) atoms. The molecule has 0 bridgehead atoms. The number of rotatable bonds is 8. The number of ether oxygens (including phenoxy) is 1. The first-order valence-electron chi connectivity index (χ1n) is 9.02. The van der Waals surface area contributed by atoms with Crippen molar-refractivity contribution in [1.82, 2.24) is 15.6 Å². The van der Waals surface area contributed by atoms with E-state index in [1.165, 1.54) is 0 Å². The van der Waals surface area contributed by atoms with E-state index >= 15 is 0 Å². The summed E-state index contributed by atoms with van der Waals surface area (Å²) in [5, 5.41) is 9.07. The largest absolute Gasteiger partial charge is 0.489 e. The molecule has 0 saturated carbocycles. The number of nitrogens with zero attached hydrogens (tertiary/aromatic N) is 2. The van der Waals surface area contributed by atoms with Crippen LogP contribution >= 0.6 is 0 Å². The minimum absolute atomic E-state index is 0.0113. The van der Waals surface area contributed by atoms with Crippen LogP contribution in [-0.2, 0) is 4.79 Å². The quantitative estimate of drug-likeness (QED) is 0.491. The Labute approximate surface area is 160 Å². The van der Waals surface area contributed by atoms with E-state index in [1.807, 2.05) is 45.0 Å². The van der Waals surface area contributed by atoms with Gasteiger partial charge in [-0.05, 0) is 50.6 Å². The highest BCUT2D eigenvalue weighted by molar-refractivity contribution is 5.93. The Hall–Kier alpha value is -3.09. The van der Waals surface area contributed by atoms with E-state index in [9.17, 15) is 4.79 Å². The normalized spacial score (nSPS) is 12.2. The second kappa shape index (κ2) is 10.8. The molecule has 1 amide bonds. The van der Waals surface area contributed by atoms with Crippen molar-refractivity contribution in [3.63, 3.8) is 0 Å². The maximum Gasteiger partial charge on any atom is 0.246 e. The lowest BCUT2D eigenvalue weighted by Crippen LogP contribution is -2.42. The fraction of sp³-hybridized carbons (Fsp3) is 0.350.